The number of rotatable bonds is 4. The van der Waals surface area contributed by atoms with Crippen molar-refractivity contribution < 1.29 is 17.9 Å². The van der Waals surface area contributed by atoms with Gasteiger partial charge >= 0.3 is 0 Å². The van der Waals surface area contributed by atoms with Crippen molar-refractivity contribution in [1.82, 2.24) is 9.21 Å². The molecule has 0 spiro atoms. The smallest absolute Gasteiger partial charge is 0.243 e. The third-order valence-corrected chi connectivity index (χ3v) is 8.08. The molecule has 2 heterocycles. The maximum atomic E-state index is 13.4. The standard InChI is InChI=1S/C25H25N3O4S/c1-27-14-16-28(17-15-27)33(30,31)19-12-10-18(11-13-19)26-25(29)24-20-6-2-4-8-22(20)32-23-9-5-3-7-21(23)24/h2-13,24H,14-17H2,1H3,(H,26,29). The minimum absolute atomic E-state index is 0.201. The van der Waals surface area contributed by atoms with Crippen LogP contribution in [-0.4, -0.2) is 56.8 Å². The van der Waals surface area contributed by atoms with Crippen molar-refractivity contribution in [3.63, 3.8) is 0 Å². The molecule has 3 aromatic rings. The Morgan fingerprint density at radius 2 is 1.39 bits per heavy atom. The van der Waals surface area contributed by atoms with E-state index in [0.717, 1.165) is 11.1 Å². The molecule has 1 saturated heterocycles. The highest BCUT2D eigenvalue weighted by Crippen LogP contribution is 2.44. The summed E-state index contributed by atoms with van der Waals surface area (Å²) in [7, 11) is -1.57. The second kappa shape index (κ2) is 8.62. The SMILES string of the molecule is CN1CCN(S(=O)(=O)c2ccc(NC(=O)C3c4ccccc4Oc4ccccc43)cc2)CC1. The minimum atomic E-state index is -3.55. The van der Waals surface area contributed by atoms with Crippen LogP contribution >= 0.6 is 0 Å². The molecule has 1 fully saturated rings. The summed E-state index contributed by atoms with van der Waals surface area (Å²) in [5.74, 6) is 0.586. The summed E-state index contributed by atoms with van der Waals surface area (Å²) in [6, 6.07) is 21.4. The Hall–Kier alpha value is -3.20. The van der Waals surface area contributed by atoms with Crippen LogP contribution in [0.4, 0.5) is 5.69 Å². The number of fused-ring (bicyclic) bond motifs is 2. The van der Waals surface area contributed by atoms with Gasteiger partial charge in [0.1, 0.15) is 11.5 Å². The number of piperazine rings is 1. The molecule has 0 radical (unpaired) electrons. The van der Waals surface area contributed by atoms with Gasteiger partial charge in [-0.25, -0.2) is 8.42 Å². The lowest BCUT2D eigenvalue weighted by Crippen LogP contribution is -2.46. The largest absolute Gasteiger partial charge is 0.457 e. The van der Waals surface area contributed by atoms with Crippen molar-refractivity contribution in [3.05, 3.63) is 83.9 Å². The minimum Gasteiger partial charge on any atom is -0.457 e. The number of para-hydroxylation sites is 2. The van der Waals surface area contributed by atoms with E-state index in [-0.39, 0.29) is 10.8 Å². The number of carbonyl (C=O) groups is 1. The van der Waals surface area contributed by atoms with Gasteiger partial charge < -0.3 is 15.0 Å². The first kappa shape index (κ1) is 21.6. The molecule has 1 N–H and O–H groups in total. The zero-order valence-electron chi connectivity index (χ0n) is 18.3. The lowest BCUT2D eigenvalue weighted by Gasteiger charge is -2.31. The van der Waals surface area contributed by atoms with E-state index in [4.69, 9.17) is 4.74 Å². The molecule has 2 aliphatic rings. The molecular formula is C25H25N3O4S. The predicted molar refractivity (Wildman–Crippen MR) is 126 cm³/mol. The molecular weight excluding hydrogens is 438 g/mol. The van der Waals surface area contributed by atoms with Crippen molar-refractivity contribution in [2.24, 2.45) is 0 Å². The molecule has 0 unspecified atom stereocenters. The first-order valence-electron chi connectivity index (χ1n) is 10.9. The van der Waals surface area contributed by atoms with Crippen LogP contribution in [0.5, 0.6) is 11.5 Å². The van der Waals surface area contributed by atoms with E-state index in [1.165, 1.54) is 4.31 Å². The monoisotopic (exact) mass is 463 g/mol. The number of nitrogens with zero attached hydrogens (tertiary/aromatic N) is 2. The normalized spacial score (nSPS) is 17.0. The second-order valence-electron chi connectivity index (χ2n) is 8.33. The highest BCUT2D eigenvalue weighted by molar-refractivity contribution is 7.89. The van der Waals surface area contributed by atoms with Crippen LogP contribution in [0.3, 0.4) is 0 Å². The van der Waals surface area contributed by atoms with Crippen LogP contribution in [0, 0.1) is 0 Å². The van der Waals surface area contributed by atoms with Crippen molar-refractivity contribution >= 4 is 21.6 Å². The number of sulfonamides is 1. The number of benzene rings is 3. The quantitative estimate of drug-likeness (QED) is 0.641. The summed E-state index contributed by atoms with van der Waals surface area (Å²) in [6.45, 7) is 2.36. The fraction of sp³-hybridized carbons (Fsp3) is 0.240. The van der Waals surface area contributed by atoms with Gasteiger partial charge in [0.25, 0.3) is 0 Å². The first-order chi connectivity index (χ1) is 15.9. The number of hydrogen-bond acceptors (Lipinski definition) is 5. The van der Waals surface area contributed by atoms with Gasteiger partial charge in [-0.1, -0.05) is 36.4 Å². The van der Waals surface area contributed by atoms with E-state index >= 15 is 0 Å². The zero-order valence-corrected chi connectivity index (χ0v) is 19.1. The summed E-state index contributed by atoms with van der Waals surface area (Å²) in [4.78, 5) is 15.7. The maximum Gasteiger partial charge on any atom is 0.243 e. The molecule has 170 valence electrons. The Labute approximate surface area is 193 Å². The number of hydrogen-bond donors (Lipinski definition) is 1. The average Bonchev–Trinajstić information content (AvgIpc) is 2.83. The fourth-order valence-corrected chi connectivity index (χ4v) is 5.72. The molecule has 5 rings (SSSR count). The molecule has 2 aliphatic heterocycles. The van der Waals surface area contributed by atoms with Crippen LogP contribution < -0.4 is 10.1 Å². The number of nitrogens with one attached hydrogen (secondary N) is 1. The summed E-state index contributed by atoms with van der Waals surface area (Å²) < 4.78 is 33.4. The second-order valence-corrected chi connectivity index (χ2v) is 10.3. The number of amides is 1. The Kier molecular flexibility index (Phi) is 5.65. The third kappa shape index (κ3) is 4.13. The molecule has 33 heavy (non-hydrogen) atoms. The molecule has 0 atom stereocenters. The van der Waals surface area contributed by atoms with E-state index in [1.54, 1.807) is 24.3 Å². The van der Waals surface area contributed by atoms with E-state index in [1.807, 2.05) is 55.6 Å². The topological polar surface area (TPSA) is 79.0 Å². The Morgan fingerprint density at radius 3 is 1.97 bits per heavy atom. The number of ether oxygens (including phenoxy) is 1. The lowest BCUT2D eigenvalue weighted by molar-refractivity contribution is -0.116. The van der Waals surface area contributed by atoms with Crippen LogP contribution in [0.25, 0.3) is 0 Å². The van der Waals surface area contributed by atoms with Gasteiger partial charge in [-0.2, -0.15) is 4.31 Å². The maximum absolute atomic E-state index is 13.4. The van der Waals surface area contributed by atoms with Gasteiger partial charge in [0.15, 0.2) is 0 Å². The van der Waals surface area contributed by atoms with Gasteiger partial charge in [0.2, 0.25) is 15.9 Å². The van der Waals surface area contributed by atoms with E-state index in [9.17, 15) is 13.2 Å². The molecule has 0 saturated carbocycles. The molecule has 3 aromatic carbocycles. The lowest BCUT2D eigenvalue weighted by atomic mass is 9.87. The average molecular weight is 464 g/mol. The molecule has 8 heteroatoms. The number of carbonyl (C=O) groups excluding carboxylic acids is 1. The first-order valence-corrected chi connectivity index (χ1v) is 12.3. The Bertz CT molecular complexity index is 1240. The van der Waals surface area contributed by atoms with Crippen molar-refractivity contribution in [2.45, 2.75) is 10.8 Å². The predicted octanol–water partition coefficient (Wildman–Crippen LogP) is 3.50. The number of anilines is 1. The van der Waals surface area contributed by atoms with Crippen LogP contribution in [0.15, 0.2) is 77.7 Å². The van der Waals surface area contributed by atoms with Gasteiger partial charge in [0, 0.05) is 43.0 Å². The fourth-order valence-electron chi connectivity index (χ4n) is 4.29. The summed E-state index contributed by atoms with van der Waals surface area (Å²) in [5, 5.41) is 2.95. The van der Waals surface area contributed by atoms with Crippen LogP contribution in [0.2, 0.25) is 0 Å². The number of likely N-dealkylation sites (N-methyl/N-ethyl adjacent to an activating group) is 1. The molecule has 0 aromatic heterocycles. The van der Waals surface area contributed by atoms with Gasteiger partial charge in [0.05, 0.1) is 10.8 Å². The van der Waals surface area contributed by atoms with E-state index in [2.05, 4.69) is 10.2 Å². The highest BCUT2D eigenvalue weighted by Gasteiger charge is 2.32. The molecule has 0 bridgehead atoms. The molecule has 0 aliphatic carbocycles. The van der Waals surface area contributed by atoms with Gasteiger partial charge in [-0.15, -0.1) is 0 Å². The molecule has 7 nitrogen and oxygen atoms in total. The van der Waals surface area contributed by atoms with Crippen molar-refractivity contribution in [1.29, 1.82) is 0 Å². The van der Waals surface area contributed by atoms with Crippen molar-refractivity contribution in [2.75, 3.05) is 38.5 Å². The summed E-state index contributed by atoms with van der Waals surface area (Å²) >= 11 is 0. The zero-order chi connectivity index (χ0) is 23.0. The molecule has 1 amide bonds. The third-order valence-electron chi connectivity index (χ3n) is 6.16. The van der Waals surface area contributed by atoms with Gasteiger partial charge in [-0.3, -0.25) is 4.79 Å². The van der Waals surface area contributed by atoms with Crippen LogP contribution in [0.1, 0.15) is 17.0 Å². The van der Waals surface area contributed by atoms with Crippen molar-refractivity contribution in [3.8, 4) is 11.5 Å². The summed E-state index contributed by atoms with van der Waals surface area (Å²) in [5.41, 5.74) is 2.13. The summed E-state index contributed by atoms with van der Waals surface area (Å²) in [6.07, 6.45) is 0. The van der Waals surface area contributed by atoms with E-state index < -0.39 is 15.9 Å². The Balaban J connectivity index is 1.37. The highest BCUT2D eigenvalue weighted by atomic mass is 32.2. The van der Waals surface area contributed by atoms with Crippen LogP contribution in [-0.2, 0) is 14.8 Å². The van der Waals surface area contributed by atoms with Gasteiger partial charge in [-0.05, 0) is 43.4 Å². The van der Waals surface area contributed by atoms with E-state index in [0.29, 0.717) is 43.4 Å². The Morgan fingerprint density at radius 1 is 0.848 bits per heavy atom.